The minimum atomic E-state index is -0.404. The number of carbonyl (C=O) groups excluding carboxylic acids is 1. The van der Waals surface area contributed by atoms with Crippen molar-refractivity contribution in [3.63, 3.8) is 0 Å². The zero-order valence-electron chi connectivity index (χ0n) is 13.2. The second-order valence-corrected chi connectivity index (χ2v) is 5.26. The molecule has 0 aliphatic rings. The standard InChI is InChI=1S/C17H27NO2/c1-5-7-8-11-18-17(19)16(6-2)20-15-10-9-13(3)14(4)12-15/h9-10,12,16H,5-8,11H2,1-4H3,(H,18,19)/t16-/m1/s1. The summed E-state index contributed by atoms with van der Waals surface area (Å²) in [5, 5.41) is 2.95. The van der Waals surface area contributed by atoms with Crippen molar-refractivity contribution in [3.8, 4) is 5.75 Å². The second kappa shape index (κ2) is 8.62. The zero-order valence-corrected chi connectivity index (χ0v) is 13.2. The first-order valence-corrected chi connectivity index (χ1v) is 7.60. The Morgan fingerprint density at radius 3 is 2.55 bits per heavy atom. The third-order valence-electron chi connectivity index (χ3n) is 3.50. The number of nitrogens with one attached hydrogen (secondary N) is 1. The smallest absolute Gasteiger partial charge is 0.261 e. The van der Waals surface area contributed by atoms with Crippen molar-refractivity contribution in [2.75, 3.05) is 6.54 Å². The molecule has 0 radical (unpaired) electrons. The van der Waals surface area contributed by atoms with Gasteiger partial charge in [0.15, 0.2) is 6.10 Å². The van der Waals surface area contributed by atoms with E-state index >= 15 is 0 Å². The molecule has 0 fully saturated rings. The fourth-order valence-corrected chi connectivity index (χ4v) is 1.97. The van der Waals surface area contributed by atoms with Gasteiger partial charge in [0, 0.05) is 6.54 Å². The van der Waals surface area contributed by atoms with Crippen LogP contribution < -0.4 is 10.1 Å². The summed E-state index contributed by atoms with van der Waals surface area (Å²) in [7, 11) is 0. The molecular formula is C17H27NO2. The van der Waals surface area contributed by atoms with Crippen LogP contribution in [0.1, 0.15) is 50.7 Å². The van der Waals surface area contributed by atoms with E-state index in [2.05, 4.69) is 19.2 Å². The topological polar surface area (TPSA) is 38.3 Å². The Balaban J connectivity index is 2.52. The number of amides is 1. The molecule has 3 nitrogen and oxygen atoms in total. The van der Waals surface area contributed by atoms with Crippen molar-refractivity contribution in [2.24, 2.45) is 0 Å². The normalized spacial score (nSPS) is 12.0. The van der Waals surface area contributed by atoms with Gasteiger partial charge >= 0.3 is 0 Å². The number of aryl methyl sites for hydroxylation is 2. The third-order valence-corrected chi connectivity index (χ3v) is 3.50. The Kier molecular flexibility index (Phi) is 7.13. The highest BCUT2D eigenvalue weighted by molar-refractivity contribution is 5.81. The van der Waals surface area contributed by atoms with Crippen LogP contribution >= 0.6 is 0 Å². The van der Waals surface area contributed by atoms with Crippen molar-refractivity contribution in [1.82, 2.24) is 5.32 Å². The fourth-order valence-electron chi connectivity index (χ4n) is 1.97. The minimum Gasteiger partial charge on any atom is -0.481 e. The number of unbranched alkanes of at least 4 members (excludes halogenated alkanes) is 2. The molecule has 20 heavy (non-hydrogen) atoms. The monoisotopic (exact) mass is 277 g/mol. The van der Waals surface area contributed by atoms with Crippen molar-refractivity contribution in [1.29, 1.82) is 0 Å². The van der Waals surface area contributed by atoms with Gasteiger partial charge < -0.3 is 10.1 Å². The fraction of sp³-hybridized carbons (Fsp3) is 0.588. The van der Waals surface area contributed by atoms with E-state index in [1.807, 2.05) is 32.0 Å². The minimum absolute atomic E-state index is 0.0122. The first kappa shape index (κ1) is 16.5. The Morgan fingerprint density at radius 1 is 1.20 bits per heavy atom. The number of hydrogen-bond acceptors (Lipinski definition) is 2. The number of carbonyl (C=O) groups is 1. The van der Waals surface area contributed by atoms with Crippen LogP contribution in [0.25, 0.3) is 0 Å². The summed E-state index contributed by atoms with van der Waals surface area (Å²) in [5.41, 5.74) is 2.41. The van der Waals surface area contributed by atoms with Crippen LogP contribution in [0.15, 0.2) is 18.2 Å². The number of rotatable bonds is 8. The van der Waals surface area contributed by atoms with Crippen molar-refractivity contribution in [3.05, 3.63) is 29.3 Å². The lowest BCUT2D eigenvalue weighted by molar-refractivity contribution is -0.128. The van der Waals surface area contributed by atoms with Gasteiger partial charge in [-0.15, -0.1) is 0 Å². The number of ether oxygens (including phenoxy) is 1. The first-order chi connectivity index (χ1) is 9.58. The van der Waals surface area contributed by atoms with Gasteiger partial charge in [-0.3, -0.25) is 4.79 Å². The first-order valence-electron chi connectivity index (χ1n) is 7.60. The SMILES string of the molecule is CCCCCNC(=O)[C@@H](CC)Oc1ccc(C)c(C)c1. The lowest BCUT2D eigenvalue weighted by Gasteiger charge is -2.18. The lowest BCUT2D eigenvalue weighted by atomic mass is 10.1. The van der Waals surface area contributed by atoms with Gasteiger partial charge in [0.2, 0.25) is 0 Å². The van der Waals surface area contributed by atoms with E-state index in [9.17, 15) is 4.79 Å². The van der Waals surface area contributed by atoms with Gasteiger partial charge in [0.1, 0.15) is 5.75 Å². The molecule has 0 aliphatic heterocycles. The molecule has 1 amide bonds. The van der Waals surface area contributed by atoms with E-state index in [0.717, 1.165) is 31.6 Å². The van der Waals surface area contributed by atoms with E-state index in [0.29, 0.717) is 6.42 Å². The predicted octanol–water partition coefficient (Wildman–Crippen LogP) is 3.77. The molecule has 0 spiro atoms. The average molecular weight is 277 g/mol. The summed E-state index contributed by atoms with van der Waals surface area (Å²) in [4.78, 5) is 12.1. The summed E-state index contributed by atoms with van der Waals surface area (Å²) in [6.45, 7) is 8.97. The molecule has 112 valence electrons. The van der Waals surface area contributed by atoms with Crippen LogP contribution in [-0.4, -0.2) is 18.6 Å². The van der Waals surface area contributed by atoms with Crippen LogP contribution in [0, 0.1) is 13.8 Å². The largest absolute Gasteiger partial charge is 0.481 e. The highest BCUT2D eigenvalue weighted by Gasteiger charge is 2.17. The van der Waals surface area contributed by atoms with Gasteiger partial charge in [-0.1, -0.05) is 32.8 Å². The molecule has 3 heteroatoms. The molecule has 1 aromatic rings. The van der Waals surface area contributed by atoms with Gasteiger partial charge in [-0.05, 0) is 49.9 Å². The van der Waals surface area contributed by atoms with E-state index in [4.69, 9.17) is 4.74 Å². The molecule has 0 saturated heterocycles. The second-order valence-electron chi connectivity index (χ2n) is 5.26. The quantitative estimate of drug-likeness (QED) is 0.735. The van der Waals surface area contributed by atoms with Crippen LogP contribution in [0.3, 0.4) is 0 Å². The summed E-state index contributed by atoms with van der Waals surface area (Å²) < 4.78 is 5.81. The maximum atomic E-state index is 12.1. The lowest BCUT2D eigenvalue weighted by Crippen LogP contribution is -2.38. The Hall–Kier alpha value is -1.51. The van der Waals surface area contributed by atoms with Crippen molar-refractivity contribution >= 4 is 5.91 Å². The van der Waals surface area contributed by atoms with Crippen molar-refractivity contribution < 1.29 is 9.53 Å². The molecule has 0 heterocycles. The van der Waals surface area contributed by atoms with E-state index in [-0.39, 0.29) is 5.91 Å². The number of hydrogen-bond donors (Lipinski definition) is 1. The van der Waals surface area contributed by atoms with Crippen LogP contribution in [-0.2, 0) is 4.79 Å². The van der Waals surface area contributed by atoms with Crippen LogP contribution in [0.4, 0.5) is 0 Å². The molecular weight excluding hydrogens is 250 g/mol. The maximum absolute atomic E-state index is 12.1. The Morgan fingerprint density at radius 2 is 1.95 bits per heavy atom. The highest BCUT2D eigenvalue weighted by atomic mass is 16.5. The summed E-state index contributed by atoms with van der Waals surface area (Å²) in [6.07, 6.45) is 3.61. The summed E-state index contributed by atoms with van der Waals surface area (Å²) in [5.74, 6) is 0.755. The van der Waals surface area contributed by atoms with E-state index < -0.39 is 6.10 Å². The molecule has 1 N–H and O–H groups in total. The maximum Gasteiger partial charge on any atom is 0.261 e. The number of benzene rings is 1. The molecule has 0 saturated carbocycles. The van der Waals surface area contributed by atoms with Crippen LogP contribution in [0.2, 0.25) is 0 Å². The Labute approximate surface area is 122 Å². The van der Waals surface area contributed by atoms with Gasteiger partial charge in [0.25, 0.3) is 5.91 Å². The van der Waals surface area contributed by atoms with E-state index in [1.165, 1.54) is 11.1 Å². The summed E-state index contributed by atoms with van der Waals surface area (Å²) >= 11 is 0. The molecule has 0 aromatic heterocycles. The Bertz CT molecular complexity index is 429. The summed E-state index contributed by atoms with van der Waals surface area (Å²) in [6, 6.07) is 5.94. The van der Waals surface area contributed by atoms with Gasteiger partial charge in [0.05, 0.1) is 0 Å². The molecule has 0 unspecified atom stereocenters. The van der Waals surface area contributed by atoms with Gasteiger partial charge in [-0.2, -0.15) is 0 Å². The average Bonchev–Trinajstić information content (AvgIpc) is 2.44. The predicted molar refractivity (Wildman–Crippen MR) is 83.2 cm³/mol. The van der Waals surface area contributed by atoms with Crippen molar-refractivity contribution in [2.45, 2.75) is 59.5 Å². The van der Waals surface area contributed by atoms with Gasteiger partial charge in [-0.25, -0.2) is 0 Å². The van der Waals surface area contributed by atoms with Crippen LogP contribution in [0.5, 0.6) is 5.75 Å². The van der Waals surface area contributed by atoms with E-state index in [1.54, 1.807) is 0 Å². The molecule has 0 bridgehead atoms. The zero-order chi connectivity index (χ0) is 15.0. The third kappa shape index (κ3) is 5.24. The molecule has 0 aliphatic carbocycles. The highest BCUT2D eigenvalue weighted by Crippen LogP contribution is 2.18. The molecule has 1 aromatic carbocycles. The molecule has 1 atom stereocenters. The molecule has 1 rings (SSSR count).